The van der Waals surface area contributed by atoms with Gasteiger partial charge in [0.15, 0.2) is 0 Å². The molecule has 3 aromatic rings. The van der Waals surface area contributed by atoms with Gasteiger partial charge in [0.25, 0.3) is 0 Å². The van der Waals surface area contributed by atoms with Gasteiger partial charge in [-0.25, -0.2) is 0 Å². The molecule has 0 aliphatic heterocycles. The fraction of sp³-hybridized carbons (Fsp3) is 0.292. The van der Waals surface area contributed by atoms with Crippen molar-refractivity contribution in [1.82, 2.24) is 5.32 Å². The molecule has 6 heteroatoms. The van der Waals surface area contributed by atoms with Crippen molar-refractivity contribution in [3.05, 3.63) is 76.0 Å². The van der Waals surface area contributed by atoms with E-state index in [0.29, 0.717) is 23.1 Å². The van der Waals surface area contributed by atoms with Crippen molar-refractivity contribution in [2.24, 2.45) is 0 Å². The van der Waals surface area contributed by atoms with Crippen LogP contribution < -0.4 is 20.1 Å². The Morgan fingerprint density at radius 1 is 1.00 bits per heavy atom. The third kappa shape index (κ3) is 5.40. The molecule has 0 saturated heterocycles. The number of amides is 1. The van der Waals surface area contributed by atoms with Crippen LogP contribution in [0.2, 0.25) is 0 Å². The third-order valence-corrected chi connectivity index (χ3v) is 5.85. The Labute approximate surface area is 182 Å². The van der Waals surface area contributed by atoms with E-state index in [2.05, 4.69) is 60.2 Å². The summed E-state index contributed by atoms with van der Waals surface area (Å²) in [5, 5.41) is 8.36. The third-order valence-electron chi connectivity index (χ3n) is 4.91. The highest BCUT2D eigenvalue weighted by molar-refractivity contribution is 7.10. The zero-order valence-corrected chi connectivity index (χ0v) is 18.6. The maximum Gasteiger partial charge on any atom is 0.238 e. The Morgan fingerprint density at radius 3 is 2.33 bits per heavy atom. The summed E-state index contributed by atoms with van der Waals surface area (Å²) < 4.78 is 10.6. The number of thiophene rings is 1. The van der Waals surface area contributed by atoms with Gasteiger partial charge >= 0.3 is 0 Å². The maximum absolute atomic E-state index is 12.6. The molecule has 5 nitrogen and oxygen atoms in total. The summed E-state index contributed by atoms with van der Waals surface area (Å²) in [6.07, 6.45) is 0. The number of hydrogen-bond donors (Lipinski definition) is 2. The van der Waals surface area contributed by atoms with Crippen LogP contribution in [0.25, 0.3) is 0 Å². The van der Waals surface area contributed by atoms with E-state index in [1.165, 1.54) is 10.4 Å². The number of anilines is 1. The van der Waals surface area contributed by atoms with Crippen molar-refractivity contribution in [3.63, 3.8) is 0 Å². The van der Waals surface area contributed by atoms with Gasteiger partial charge in [0, 0.05) is 10.9 Å². The lowest BCUT2D eigenvalue weighted by Crippen LogP contribution is -2.31. The summed E-state index contributed by atoms with van der Waals surface area (Å²) in [7, 11) is 3.16. The molecular formula is C24H28N2O3S. The van der Waals surface area contributed by atoms with Crippen LogP contribution in [-0.4, -0.2) is 26.7 Å². The molecule has 1 atom stereocenters. The number of carbonyl (C=O) groups excluding carboxylic acids is 1. The van der Waals surface area contributed by atoms with E-state index in [-0.39, 0.29) is 18.5 Å². The van der Waals surface area contributed by atoms with Crippen LogP contribution in [0, 0.1) is 0 Å². The summed E-state index contributed by atoms with van der Waals surface area (Å²) in [6, 6.07) is 18.0. The van der Waals surface area contributed by atoms with E-state index < -0.39 is 0 Å². The monoisotopic (exact) mass is 424 g/mol. The van der Waals surface area contributed by atoms with Gasteiger partial charge in [0.05, 0.1) is 32.5 Å². The molecule has 1 amide bonds. The fourth-order valence-electron chi connectivity index (χ4n) is 3.20. The maximum atomic E-state index is 12.6. The predicted octanol–water partition coefficient (Wildman–Crippen LogP) is 5.21. The minimum Gasteiger partial charge on any atom is -0.497 e. The first kappa shape index (κ1) is 21.9. The largest absolute Gasteiger partial charge is 0.497 e. The SMILES string of the molecule is COc1ccc(NC(=O)CN[C@H](c2ccc(C(C)C)cc2)c2cccs2)c(OC)c1. The van der Waals surface area contributed by atoms with Crippen LogP contribution in [0.4, 0.5) is 5.69 Å². The number of ether oxygens (including phenoxy) is 2. The highest BCUT2D eigenvalue weighted by Crippen LogP contribution is 2.30. The molecule has 0 unspecified atom stereocenters. The molecule has 2 N–H and O–H groups in total. The number of rotatable bonds is 9. The zero-order valence-electron chi connectivity index (χ0n) is 17.8. The van der Waals surface area contributed by atoms with Gasteiger partial charge in [0.2, 0.25) is 5.91 Å². The smallest absolute Gasteiger partial charge is 0.238 e. The molecule has 1 aromatic heterocycles. The second kappa shape index (κ2) is 10.3. The van der Waals surface area contributed by atoms with Crippen LogP contribution in [-0.2, 0) is 4.79 Å². The first-order valence-electron chi connectivity index (χ1n) is 9.90. The van der Waals surface area contributed by atoms with Crippen molar-refractivity contribution in [2.75, 3.05) is 26.1 Å². The van der Waals surface area contributed by atoms with Gasteiger partial charge in [-0.1, -0.05) is 44.2 Å². The topological polar surface area (TPSA) is 59.6 Å². The number of methoxy groups -OCH3 is 2. The average Bonchev–Trinajstić information content (AvgIpc) is 3.29. The highest BCUT2D eigenvalue weighted by atomic mass is 32.1. The van der Waals surface area contributed by atoms with E-state index in [0.717, 1.165) is 5.56 Å². The van der Waals surface area contributed by atoms with E-state index >= 15 is 0 Å². The summed E-state index contributed by atoms with van der Waals surface area (Å²) in [6.45, 7) is 4.53. The molecule has 158 valence electrons. The van der Waals surface area contributed by atoms with Crippen molar-refractivity contribution in [2.45, 2.75) is 25.8 Å². The summed E-state index contributed by atoms with van der Waals surface area (Å²) in [4.78, 5) is 13.8. The minimum atomic E-state index is -0.140. The van der Waals surface area contributed by atoms with Gasteiger partial charge in [-0.15, -0.1) is 11.3 Å². The number of hydrogen-bond acceptors (Lipinski definition) is 5. The number of nitrogens with one attached hydrogen (secondary N) is 2. The second-order valence-corrected chi connectivity index (χ2v) is 8.24. The molecular weight excluding hydrogens is 396 g/mol. The predicted molar refractivity (Wildman–Crippen MR) is 123 cm³/mol. The summed E-state index contributed by atoms with van der Waals surface area (Å²) >= 11 is 1.67. The lowest BCUT2D eigenvalue weighted by molar-refractivity contribution is -0.115. The highest BCUT2D eigenvalue weighted by Gasteiger charge is 2.17. The van der Waals surface area contributed by atoms with Crippen LogP contribution in [0.1, 0.15) is 41.8 Å². The second-order valence-electron chi connectivity index (χ2n) is 7.27. The van der Waals surface area contributed by atoms with Crippen LogP contribution in [0.5, 0.6) is 11.5 Å². The lowest BCUT2D eigenvalue weighted by atomic mass is 9.98. The first-order chi connectivity index (χ1) is 14.5. The van der Waals surface area contributed by atoms with Gasteiger partial charge in [-0.3, -0.25) is 10.1 Å². The van der Waals surface area contributed by atoms with Crippen molar-refractivity contribution < 1.29 is 14.3 Å². The van der Waals surface area contributed by atoms with Crippen molar-refractivity contribution >= 4 is 22.9 Å². The first-order valence-corrected chi connectivity index (χ1v) is 10.8. The Morgan fingerprint density at radius 2 is 1.73 bits per heavy atom. The Balaban J connectivity index is 1.71. The normalized spacial score (nSPS) is 11.9. The van der Waals surface area contributed by atoms with Gasteiger partial charge < -0.3 is 14.8 Å². The quantitative estimate of drug-likeness (QED) is 0.495. The van der Waals surface area contributed by atoms with E-state index in [4.69, 9.17) is 9.47 Å². The zero-order chi connectivity index (χ0) is 21.5. The van der Waals surface area contributed by atoms with E-state index in [1.54, 1.807) is 43.8 Å². The average molecular weight is 425 g/mol. The molecule has 0 aliphatic rings. The molecule has 1 heterocycles. The summed E-state index contributed by atoms with van der Waals surface area (Å²) in [5.41, 5.74) is 3.05. The fourth-order valence-corrected chi connectivity index (χ4v) is 4.03. The van der Waals surface area contributed by atoms with Gasteiger partial charge in [0.1, 0.15) is 11.5 Å². The van der Waals surface area contributed by atoms with Crippen molar-refractivity contribution in [1.29, 1.82) is 0 Å². The minimum absolute atomic E-state index is 0.0466. The van der Waals surface area contributed by atoms with Crippen LogP contribution >= 0.6 is 11.3 Å². The van der Waals surface area contributed by atoms with Gasteiger partial charge in [-0.05, 0) is 40.6 Å². The molecule has 0 radical (unpaired) electrons. The Kier molecular flexibility index (Phi) is 7.49. The van der Waals surface area contributed by atoms with Crippen molar-refractivity contribution in [3.8, 4) is 11.5 Å². The van der Waals surface area contributed by atoms with Gasteiger partial charge in [-0.2, -0.15) is 0 Å². The molecule has 30 heavy (non-hydrogen) atoms. The van der Waals surface area contributed by atoms with E-state index in [9.17, 15) is 4.79 Å². The van der Waals surface area contributed by atoms with E-state index in [1.807, 2.05) is 6.07 Å². The summed E-state index contributed by atoms with van der Waals surface area (Å²) in [5.74, 6) is 1.57. The number of benzene rings is 2. The molecule has 0 spiro atoms. The molecule has 0 fully saturated rings. The molecule has 3 rings (SSSR count). The standard InChI is InChI=1S/C24H28N2O3S/c1-16(2)17-7-9-18(10-8-17)24(22-6-5-13-30-22)25-15-23(27)26-20-12-11-19(28-3)14-21(20)29-4/h5-14,16,24-25H,15H2,1-4H3,(H,26,27)/t24-/m1/s1. The molecule has 0 saturated carbocycles. The Bertz CT molecular complexity index is 953. The number of carbonyl (C=O) groups is 1. The lowest BCUT2D eigenvalue weighted by Gasteiger charge is -2.19. The van der Waals surface area contributed by atoms with Crippen LogP contribution in [0.3, 0.4) is 0 Å². The molecule has 0 bridgehead atoms. The molecule has 2 aromatic carbocycles. The van der Waals surface area contributed by atoms with Crippen LogP contribution in [0.15, 0.2) is 60.0 Å². The molecule has 0 aliphatic carbocycles. The Hall–Kier alpha value is -2.83.